The fraction of sp³-hybridized carbons (Fsp3) is 1.00. The Bertz CT molecular complexity index is 204. The Hall–Kier alpha value is -0.160. The highest BCUT2D eigenvalue weighted by molar-refractivity contribution is 4.73. The van der Waals surface area contributed by atoms with Gasteiger partial charge in [-0.25, -0.2) is 0 Å². The third-order valence-electron chi connectivity index (χ3n) is 3.37. The van der Waals surface area contributed by atoms with E-state index >= 15 is 0 Å². The van der Waals surface area contributed by atoms with Crippen molar-refractivity contribution in [1.29, 1.82) is 0 Å². The van der Waals surface area contributed by atoms with Gasteiger partial charge in [-0.15, -0.1) is 0 Å². The van der Waals surface area contributed by atoms with Crippen LogP contribution in [-0.2, 0) is 18.9 Å². The van der Waals surface area contributed by atoms with Gasteiger partial charge >= 0.3 is 5.97 Å². The van der Waals surface area contributed by atoms with Crippen LogP contribution in [-0.4, -0.2) is 38.5 Å². The van der Waals surface area contributed by atoms with Crippen molar-refractivity contribution < 1.29 is 18.9 Å². The van der Waals surface area contributed by atoms with Gasteiger partial charge in [0.1, 0.15) is 6.10 Å². The maximum atomic E-state index is 5.90. The summed E-state index contributed by atoms with van der Waals surface area (Å²) in [6.45, 7) is 12.4. The van der Waals surface area contributed by atoms with E-state index in [0.717, 1.165) is 12.8 Å². The molecule has 0 aromatic carbocycles. The molecule has 1 unspecified atom stereocenters. The second-order valence-electron chi connectivity index (χ2n) is 5.05. The third-order valence-corrected chi connectivity index (χ3v) is 3.37. The van der Waals surface area contributed by atoms with E-state index in [1.54, 1.807) is 0 Å². The predicted octanol–water partition coefficient (Wildman–Crippen LogP) is 4.52. The summed E-state index contributed by atoms with van der Waals surface area (Å²) in [4.78, 5) is 0. The standard InChI is InChI=1S/C17H36O4/c1-6-11-12-13-14-15-16(18-7-2)17(19-8-3,20-9-4)21-10-5/h16H,6-15H2,1-5H3. The van der Waals surface area contributed by atoms with Crippen molar-refractivity contribution in [2.24, 2.45) is 0 Å². The number of hydrogen-bond donors (Lipinski definition) is 0. The van der Waals surface area contributed by atoms with E-state index in [2.05, 4.69) is 6.92 Å². The molecule has 0 saturated carbocycles. The van der Waals surface area contributed by atoms with E-state index in [1.165, 1.54) is 25.7 Å². The highest BCUT2D eigenvalue weighted by Gasteiger charge is 2.42. The minimum Gasteiger partial charge on any atom is -0.370 e. The van der Waals surface area contributed by atoms with Crippen LogP contribution in [0.25, 0.3) is 0 Å². The molecule has 1 atom stereocenters. The smallest absolute Gasteiger partial charge is 0.310 e. The zero-order valence-electron chi connectivity index (χ0n) is 14.8. The largest absolute Gasteiger partial charge is 0.370 e. The van der Waals surface area contributed by atoms with E-state index < -0.39 is 5.97 Å². The van der Waals surface area contributed by atoms with Crippen molar-refractivity contribution in [1.82, 2.24) is 0 Å². The lowest BCUT2D eigenvalue weighted by Crippen LogP contribution is -2.51. The van der Waals surface area contributed by atoms with Crippen LogP contribution >= 0.6 is 0 Å². The van der Waals surface area contributed by atoms with E-state index in [4.69, 9.17) is 18.9 Å². The van der Waals surface area contributed by atoms with Crippen molar-refractivity contribution in [3.05, 3.63) is 0 Å². The molecule has 0 heterocycles. The Balaban J connectivity index is 4.68. The summed E-state index contributed by atoms with van der Waals surface area (Å²) >= 11 is 0. The first-order valence-electron chi connectivity index (χ1n) is 8.74. The quantitative estimate of drug-likeness (QED) is 0.329. The first kappa shape index (κ1) is 20.8. The van der Waals surface area contributed by atoms with E-state index in [0.29, 0.717) is 26.4 Å². The number of ether oxygens (including phenoxy) is 4. The first-order valence-corrected chi connectivity index (χ1v) is 8.74. The van der Waals surface area contributed by atoms with Gasteiger partial charge in [-0.1, -0.05) is 39.0 Å². The monoisotopic (exact) mass is 304 g/mol. The van der Waals surface area contributed by atoms with Crippen molar-refractivity contribution in [3.8, 4) is 0 Å². The molecule has 0 bridgehead atoms. The lowest BCUT2D eigenvalue weighted by Gasteiger charge is -2.38. The Labute approximate surface area is 131 Å². The van der Waals surface area contributed by atoms with Crippen LogP contribution in [0.5, 0.6) is 0 Å². The second-order valence-corrected chi connectivity index (χ2v) is 5.05. The van der Waals surface area contributed by atoms with Crippen LogP contribution in [0.4, 0.5) is 0 Å². The maximum Gasteiger partial charge on any atom is 0.310 e. The highest BCUT2D eigenvalue weighted by atomic mass is 16.9. The summed E-state index contributed by atoms with van der Waals surface area (Å²) in [6.07, 6.45) is 6.89. The molecule has 0 saturated heterocycles. The average molecular weight is 304 g/mol. The Morgan fingerprint density at radius 2 is 1.19 bits per heavy atom. The van der Waals surface area contributed by atoms with Gasteiger partial charge in [0.2, 0.25) is 0 Å². The average Bonchev–Trinajstić information content (AvgIpc) is 2.46. The van der Waals surface area contributed by atoms with Crippen molar-refractivity contribution in [2.75, 3.05) is 26.4 Å². The van der Waals surface area contributed by atoms with E-state index in [1.807, 2.05) is 27.7 Å². The highest BCUT2D eigenvalue weighted by Crippen LogP contribution is 2.27. The van der Waals surface area contributed by atoms with Gasteiger partial charge in [-0.05, 0) is 34.1 Å². The molecule has 21 heavy (non-hydrogen) atoms. The van der Waals surface area contributed by atoms with E-state index in [9.17, 15) is 0 Å². The summed E-state index contributed by atoms with van der Waals surface area (Å²) in [6, 6.07) is 0. The predicted molar refractivity (Wildman–Crippen MR) is 86.4 cm³/mol. The fourth-order valence-electron chi connectivity index (χ4n) is 2.50. The molecule has 4 nitrogen and oxygen atoms in total. The third kappa shape index (κ3) is 8.15. The number of rotatable bonds is 15. The summed E-state index contributed by atoms with van der Waals surface area (Å²) in [5.74, 6) is -1.06. The fourth-order valence-corrected chi connectivity index (χ4v) is 2.50. The molecule has 0 N–H and O–H groups in total. The van der Waals surface area contributed by atoms with Gasteiger partial charge in [0.25, 0.3) is 0 Å². The van der Waals surface area contributed by atoms with E-state index in [-0.39, 0.29) is 6.10 Å². The van der Waals surface area contributed by atoms with Gasteiger partial charge in [0.15, 0.2) is 0 Å². The van der Waals surface area contributed by atoms with Crippen LogP contribution < -0.4 is 0 Å². The van der Waals surface area contributed by atoms with Crippen LogP contribution in [0.1, 0.15) is 73.1 Å². The first-order chi connectivity index (χ1) is 10.2. The molecule has 0 rings (SSSR count). The lowest BCUT2D eigenvalue weighted by molar-refractivity contribution is -0.415. The second kappa shape index (κ2) is 13.5. The number of unbranched alkanes of at least 4 members (excludes halogenated alkanes) is 4. The molecule has 0 aromatic heterocycles. The molecule has 4 heteroatoms. The minimum atomic E-state index is -1.06. The summed E-state index contributed by atoms with van der Waals surface area (Å²) in [5, 5.41) is 0. The Kier molecular flexibility index (Phi) is 13.4. The molecule has 128 valence electrons. The van der Waals surface area contributed by atoms with Gasteiger partial charge in [-0.3, -0.25) is 0 Å². The normalized spacial score (nSPS) is 13.6. The molecule has 0 spiro atoms. The molecule has 0 aliphatic heterocycles. The SMILES string of the molecule is CCCCCCCC(OCC)C(OCC)(OCC)OCC. The molecule has 0 radical (unpaired) electrons. The number of hydrogen-bond acceptors (Lipinski definition) is 4. The summed E-state index contributed by atoms with van der Waals surface area (Å²) < 4.78 is 23.4. The van der Waals surface area contributed by atoms with Gasteiger partial charge < -0.3 is 18.9 Å². The minimum absolute atomic E-state index is 0.177. The topological polar surface area (TPSA) is 36.9 Å². The lowest BCUT2D eigenvalue weighted by atomic mass is 10.1. The summed E-state index contributed by atoms with van der Waals surface area (Å²) in [5.41, 5.74) is 0. The zero-order valence-corrected chi connectivity index (χ0v) is 14.8. The maximum absolute atomic E-state index is 5.90. The van der Waals surface area contributed by atoms with Gasteiger partial charge in [-0.2, -0.15) is 0 Å². The molecule has 0 fully saturated rings. The summed E-state index contributed by atoms with van der Waals surface area (Å²) in [7, 11) is 0. The molecule has 0 aliphatic carbocycles. The van der Waals surface area contributed by atoms with Crippen LogP contribution in [0.15, 0.2) is 0 Å². The molecule has 0 aromatic rings. The molecular formula is C17H36O4. The Morgan fingerprint density at radius 1 is 0.667 bits per heavy atom. The van der Waals surface area contributed by atoms with Crippen LogP contribution in [0, 0.1) is 0 Å². The molecule has 0 aliphatic rings. The molecular weight excluding hydrogens is 268 g/mol. The van der Waals surface area contributed by atoms with Crippen molar-refractivity contribution in [3.63, 3.8) is 0 Å². The Morgan fingerprint density at radius 3 is 1.62 bits per heavy atom. The van der Waals surface area contributed by atoms with Crippen LogP contribution in [0.2, 0.25) is 0 Å². The molecule has 0 amide bonds. The van der Waals surface area contributed by atoms with Crippen LogP contribution in [0.3, 0.4) is 0 Å². The van der Waals surface area contributed by atoms with Crippen molar-refractivity contribution >= 4 is 0 Å². The van der Waals surface area contributed by atoms with Gasteiger partial charge in [0, 0.05) is 26.4 Å². The zero-order chi connectivity index (χ0) is 16.0. The van der Waals surface area contributed by atoms with Gasteiger partial charge in [0.05, 0.1) is 0 Å². The van der Waals surface area contributed by atoms with Crippen molar-refractivity contribution in [2.45, 2.75) is 85.2 Å².